The molecule has 2 amide bonds. The molecule has 0 unspecified atom stereocenters. The number of carbonyl (C=O) groups is 2. The predicted molar refractivity (Wildman–Crippen MR) is 64.1 cm³/mol. The van der Waals surface area contributed by atoms with Gasteiger partial charge in [0, 0.05) is 26.0 Å². The first-order chi connectivity index (χ1) is 8.67. The van der Waals surface area contributed by atoms with Gasteiger partial charge in [-0.3, -0.25) is 9.78 Å². The molecule has 0 saturated carbocycles. The van der Waals surface area contributed by atoms with Crippen molar-refractivity contribution in [2.24, 2.45) is 0 Å². The minimum atomic E-state index is -0.356. The van der Waals surface area contributed by atoms with Gasteiger partial charge in [-0.15, -0.1) is 0 Å². The summed E-state index contributed by atoms with van der Waals surface area (Å²) < 4.78 is 4.69. The SMILES string of the molecule is CNC(=O)c1cncc2c1CCN(C(=O)OC)C2. The molecule has 1 N–H and O–H groups in total. The van der Waals surface area contributed by atoms with E-state index in [2.05, 4.69) is 10.3 Å². The Morgan fingerprint density at radius 3 is 2.89 bits per heavy atom. The molecule has 0 radical (unpaired) electrons. The summed E-state index contributed by atoms with van der Waals surface area (Å²) in [5.41, 5.74) is 2.44. The minimum absolute atomic E-state index is 0.147. The van der Waals surface area contributed by atoms with Gasteiger partial charge < -0.3 is 15.0 Å². The highest BCUT2D eigenvalue weighted by molar-refractivity contribution is 5.95. The van der Waals surface area contributed by atoms with Crippen molar-refractivity contribution in [2.45, 2.75) is 13.0 Å². The van der Waals surface area contributed by atoms with Crippen LogP contribution < -0.4 is 5.32 Å². The van der Waals surface area contributed by atoms with E-state index in [4.69, 9.17) is 4.74 Å². The first kappa shape index (κ1) is 12.3. The number of carbonyl (C=O) groups excluding carboxylic acids is 2. The van der Waals surface area contributed by atoms with Crippen molar-refractivity contribution in [1.82, 2.24) is 15.2 Å². The Kier molecular flexibility index (Phi) is 3.45. The number of ether oxygens (including phenoxy) is 1. The Hall–Kier alpha value is -2.11. The number of pyridine rings is 1. The second-order valence-corrected chi connectivity index (χ2v) is 4.05. The van der Waals surface area contributed by atoms with Crippen LogP contribution in [-0.4, -0.2) is 42.6 Å². The van der Waals surface area contributed by atoms with Gasteiger partial charge >= 0.3 is 6.09 Å². The molecule has 1 aliphatic rings. The maximum Gasteiger partial charge on any atom is 0.409 e. The third-order valence-electron chi connectivity index (χ3n) is 3.04. The normalized spacial score (nSPS) is 13.8. The van der Waals surface area contributed by atoms with Crippen LogP contribution in [0.3, 0.4) is 0 Å². The monoisotopic (exact) mass is 249 g/mol. The van der Waals surface area contributed by atoms with Crippen LogP contribution in [0.25, 0.3) is 0 Å². The van der Waals surface area contributed by atoms with Gasteiger partial charge in [0.25, 0.3) is 5.91 Å². The topological polar surface area (TPSA) is 71.5 Å². The number of nitrogens with one attached hydrogen (secondary N) is 1. The molecule has 2 heterocycles. The van der Waals surface area contributed by atoms with Crippen molar-refractivity contribution in [2.75, 3.05) is 20.7 Å². The van der Waals surface area contributed by atoms with Crippen molar-refractivity contribution in [3.8, 4) is 0 Å². The Morgan fingerprint density at radius 2 is 2.22 bits per heavy atom. The van der Waals surface area contributed by atoms with Gasteiger partial charge in [-0.2, -0.15) is 0 Å². The summed E-state index contributed by atoms with van der Waals surface area (Å²) in [6.07, 6.45) is 3.53. The Morgan fingerprint density at radius 1 is 1.44 bits per heavy atom. The molecule has 1 aliphatic heterocycles. The first-order valence-electron chi connectivity index (χ1n) is 5.68. The summed E-state index contributed by atoms with van der Waals surface area (Å²) in [5, 5.41) is 2.59. The van der Waals surface area contributed by atoms with E-state index < -0.39 is 0 Å². The summed E-state index contributed by atoms with van der Waals surface area (Å²) in [6.45, 7) is 0.980. The number of nitrogens with zero attached hydrogens (tertiary/aromatic N) is 2. The molecular formula is C12H15N3O3. The number of hydrogen-bond acceptors (Lipinski definition) is 4. The molecule has 6 heteroatoms. The lowest BCUT2D eigenvalue weighted by atomic mass is 9.97. The van der Waals surface area contributed by atoms with Crippen LogP contribution in [0, 0.1) is 0 Å². The van der Waals surface area contributed by atoms with Gasteiger partial charge in [-0.25, -0.2) is 4.79 Å². The fraction of sp³-hybridized carbons (Fsp3) is 0.417. The third-order valence-corrected chi connectivity index (χ3v) is 3.04. The van der Waals surface area contributed by atoms with Crippen molar-refractivity contribution in [3.05, 3.63) is 29.1 Å². The maximum absolute atomic E-state index is 11.7. The average Bonchev–Trinajstić information content (AvgIpc) is 2.44. The highest BCUT2D eigenvalue weighted by Crippen LogP contribution is 2.21. The van der Waals surface area contributed by atoms with Gasteiger partial charge in [0.15, 0.2) is 0 Å². The van der Waals surface area contributed by atoms with E-state index in [0.717, 1.165) is 11.1 Å². The number of aromatic nitrogens is 1. The molecule has 1 aromatic heterocycles. The summed E-state index contributed by atoms with van der Waals surface area (Å²) in [7, 11) is 2.95. The van der Waals surface area contributed by atoms with Crippen molar-refractivity contribution in [3.63, 3.8) is 0 Å². The summed E-state index contributed by atoms with van der Waals surface area (Å²) in [5.74, 6) is -0.147. The average molecular weight is 249 g/mol. The van der Waals surface area contributed by atoms with Gasteiger partial charge in [0.1, 0.15) is 0 Å². The van der Waals surface area contributed by atoms with Crippen LogP contribution in [0.1, 0.15) is 21.5 Å². The third kappa shape index (κ3) is 2.13. The molecule has 18 heavy (non-hydrogen) atoms. The zero-order chi connectivity index (χ0) is 13.1. The van der Waals surface area contributed by atoms with Gasteiger partial charge in [-0.05, 0) is 17.5 Å². The quantitative estimate of drug-likeness (QED) is 0.789. The molecule has 0 aromatic carbocycles. The predicted octanol–water partition coefficient (Wildman–Crippen LogP) is 0.566. The van der Waals surface area contributed by atoms with E-state index in [9.17, 15) is 9.59 Å². The van der Waals surface area contributed by atoms with Crippen LogP contribution in [0.5, 0.6) is 0 Å². The molecule has 0 fully saturated rings. The maximum atomic E-state index is 11.7. The Balaban J connectivity index is 2.30. The van der Waals surface area contributed by atoms with E-state index in [1.54, 1.807) is 24.3 Å². The number of methoxy groups -OCH3 is 1. The summed E-state index contributed by atoms with van der Waals surface area (Å²) in [4.78, 5) is 28.8. The zero-order valence-corrected chi connectivity index (χ0v) is 10.4. The first-order valence-corrected chi connectivity index (χ1v) is 5.68. The fourth-order valence-corrected chi connectivity index (χ4v) is 2.11. The highest BCUT2D eigenvalue weighted by atomic mass is 16.5. The smallest absolute Gasteiger partial charge is 0.409 e. The number of hydrogen-bond donors (Lipinski definition) is 1. The fourth-order valence-electron chi connectivity index (χ4n) is 2.11. The molecule has 6 nitrogen and oxygen atoms in total. The lowest BCUT2D eigenvalue weighted by Crippen LogP contribution is -2.37. The second kappa shape index (κ2) is 5.03. The van der Waals surface area contributed by atoms with Crippen LogP contribution in [-0.2, 0) is 17.7 Å². The van der Waals surface area contributed by atoms with Crippen LogP contribution in [0.4, 0.5) is 4.79 Å². The molecule has 0 spiro atoms. The van der Waals surface area contributed by atoms with Crippen LogP contribution in [0.2, 0.25) is 0 Å². The largest absolute Gasteiger partial charge is 0.453 e. The van der Waals surface area contributed by atoms with Crippen molar-refractivity contribution < 1.29 is 14.3 Å². The molecule has 1 aromatic rings. The summed E-state index contributed by atoms with van der Waals surface area (Å²) in [6, 6.07) is 0. The second-order valence-electron chi connectivity index (χ2n) is 4.05. The highest BCUT2D eigenvalue weighted by Gasteiger charge is 2.24. The molecular weight excluding hydrogens is 234 g/mol. The van der Waals surface area contributed by atoms with Crippen LogP contribution >= 0.6 is 0 Å². The van der Waals surface area contributed by atoms with E-state index in [0.29, 0.717) is 25.1 Å². The Bertz CT molecular complexity index is 487. The standard InChI is InChI=1S/C12H15N3O3/c1-13-11(16)10-6-14-5-8-7-15(12(17)18-2)4-3-9(8)10/h5-6H,3-4,7H2,1-2H3,(H,13,16). The van der Waals surface area contributed by atoms with Crippen LogP contribution in [0.15, 0.2) is 12.4 Å². The zero-order valence-electron chi connectivity index (χ0n) is 10.4. The van der Waals surface area contributed by atoms with Crippen molar-refractivity contribution in [1.29, 1.82) is 0 Å². The number of fused-ring (bicyclic) bond motifs is 1. The molecule has 0 atom stereocenters. The van der Waals surface area contributed by atoms with E-state index >= 15 is 0 Å². The molecule has 96 valence electrons. The van der Waals surface area contributed by atoms with E-state index in [1.165, 1.54) is 7.11 Å². The van der Waals surface area contributed by atoms with Gasteiger partial charge in [0.05, 0.1) is 19.2 Å². The van der Waals surface area contributed by atoms with Crippen molar-refractivity contribution >= 4 is 12.0 Å². The lowest BCUT2D eigenvalue weighted by Gasteiger charge is -2.28. The number of rotatable bonds is 1. The number of amides is 2. The van der Waals surface area contributed by atoms with E-state index in [1.807, 2.05) is 0 Å². The van der Waals surface area contributed by atoms with Gasteiger partial charge in [0.2, 0.25) is 0 Å². The molecule has 0 saturated heterocycles. The Labute approximate surface area is 105 Å². The molecule has 0 aliphatic carbocycles. The molecule has 0 bridgehead atoms. The van der Waals surface area contributed by atoms with Gasteiger partial charge in [-0.1, -0.05) is 0 Å². The summed E-state index contributed by atoms with van der Waals surface area (Å²) >= 11 is 0. The molecule has 2 rings (SSSR count). The minimum Gasteiger partial charge on any atom is -0.453 e. The van der Waals surface area contributed by atoms with E-state index in [-0.39, 0.29) is 12.0 Å². The lowest BCUT2D eigenvalue weighted by molar-refractivity contribution is 0.0960.